The van der Waals surface area contributed by atoms with E-state index in [0.29, 0.717) is 17.4 Å². The van der Waals surface area contributed by atoms with Crippen molar-refractivity contribution in [3.63, 3.8) is 0 Å². The van der Waals surface area contributed by atoms with Gasteiger partial charge in [0, 0.05) is 6.42 Å². The molecule has 0 rings (SSSR count). The number of quaternary nitrogens is 1. The third-order valence-electron chi connectivity index (χ3n) is 13.4. The zero-order valence-electron chi connectivity index (χ0n) is 45.4. The lowest BCUT2D eigenvalue weighted by Crippen LogP contribution is -2.45. The zero-order valence-corrected chi connectivity index (χ0v) is 46.3. The van der Waals surface area contributed by atoms with Gasteiger partial charge in [-0.3, -0.25) is 13.8 Å². The molecular weight excluding hydrogens is 852 g/mol. The van der Waals surface area contributed by atoms with Crippen LogP contribution in [0, 0.1) is 0 Å². The fraction of sp³-hybridized carbons (Fsp3) is 0.914. The van der Waals surface area contributed by atoms with Gasteiger partial charge >= 0.3 is 7.82 Å². The Morgan fingerprint density at radius 1 is 0.493 bits per heavy atom. The summed E-state index contributed by atoms with van der Waals surface area (Å²) >= 11 is 0. The molecule has 0 radical (unpaired) electrons. The Labute approximate surface area is 417 Å². The molecule has 0 saturated heterocycles. The Bertz CT molecular complexity index is 1140. The summed E-state index contributed by atoms with van der Waals surface area (Å²) in [5, 5.41) is 13.9. The molecule has 1 amide bonds. The average Bonchev–Trinajstić information content (AvgIpc) is 3.29. The van der Waals surface area contributed by atoms with E-state index in [-0.39, 0.29) is 19.1 Å². The largest absolute Gasteiger partial charge is 0.472 e. The average molecular weight is 969 g/mol. The smallest absolute Gasteiger partial charge is 0.387 e. The molecule has 3 N–H and O–H groups in total. The third kappa shape index (κ3) is 52.6. The van der Waals surface area contributed by atoms with E-state index >= 15 is 0 Å². The van der Waals surface area contributed by atoms with Crippen molar-refractivity contribution >= 4 is 13.7 Å². The summed E-state index contributed by atoms with van der Waals surface area (Å²) in [7, 11) is 1.57. The van der Waals surface area contributed by atoms with Crippen LogP contribution in [0.2, 0.25) is 0 Å². The van der Waals surface area contributed by atoms with Crippen LogP contribution >= 0.6 is 7.82 Å². The second-order valence-corrected chi connectivity index (χ2v) is 22.8. The van der Waals surface area contributed by atoms with E-state index in [1.165, 1.54) is 231 Å². The van der Waals surface area contributed by atoms with E-state index in [2.05, 4.69) is 31.3 Å². The zero-order chi connectivity index (χ0) is 49.2. The minimum absolute atomic E-state index is 0.0587. The highest BCUT2D eigenvalue weighted by molar-refractivity contribution is 7.47. The first-order valence-corrected chi connectivity index (χ1v) is 30.7. The maximum atomic E-state index is 13.0. The number of phosphoric ester groups is 1. The highest BCUT2D eigenvalue weighted by atomic mass is 31.2. The summed E-state index contributed by atoms with van der Waals surface area (Å²) in [6, 6.07) is -0.859. The minimum atomic E-state index is -4.35. The lowest BCUT2D eigenvalue weighted by atomic mass is 10.0. The molecular formula is C58H116N2O6P+. The summed E-state index contributed by atoms with van der Waals surface area (Å²) < 4.78 is 23.7. The Hall–Kier alpha value is -1.02. The molecule has 0 aromatic rings. The fourth-order valence-electron chi connectivity index (χ4n) is 8.83. The maximum absolute atomic E-state index is 13.0. The molecule has 0 spiro atoms. The van der Waals surface area contributed by atoms with Crippen LogP contribution in [-0.4, -0.2) is 73.4 Å². The summed E-state index contributed by atoms with van der Waals surface area (Å²) in [5.74, 6) is -0.181. The van der Waals surface area contributed by atoms with E-state index in [1.54, 1.807) is 6.08 Å². The molecule has 9 heteroatoms. The van der Waals surface area contributed by atoms with Gasteiger partial charge in [-0.15, -0.1) is 0 Å². The SMILES string of the molecule is CCCCCCCCCCCC/C=C/CC/C=C/C(O)C(COP(=O)(O)OCC[N+](C)(C)C)NC(=O)CCCCCCCCCCCCCCCCCCCCCCCCCCCCCCC. The molecule has 0 aromatic carbocycles. The van der Waals surface area contributed by atoms with Crippen molar-refractivity contribution in [2.75, 3.05) is 40.9 Å². The van der Waals surface area contributed by atoms with E-state index in [4.69, 9.17) is 9.05 Å². The lowest BCUT2D eigenvalue weighted by molar-refractivity contribution is -0.870. The van der Waals surface area contributed by atoms with Crippen molar-refractivity contribution in [3.05, 3.63) is 24.3 Å². The Balaban J connectivity index is 4.10. The summed E-state index contributed by atoms with van der Waals surface area (Å²) in [5.41, 5.74) is 0. The monoisotopic (exact) mass is 968 g/mol. The molecule has 0 aliphatic rings. The fourth-order valence-corrected chi connectivity index (χ4v) is 9.56. The molecule has 67 heavy (non-hydrogen) atoms. The van der Waals surface area contributed by atoms with Gasteiger partial charge in [-0.1, -0.05) is 276 Å². The topological polar surface area (TPSA) is 105 Å². The van der Waals surface area contributed by atoms with Crippen LogP contribution in [0.4, 0.5) is 0 Å². The van der Waals surface area contributed by atoms with Gasteiger partial charge in [0.1, 0.15) is 13.2 Å². The quantitative estimate of drug-likeness (QED) is 0.0243. The van der Waals surface area contributed by atoms with E-state index in [1.807, 2.05) is 27.2 Å². The maximum Gasteiger partial charge on any atom is 0.472 e. The van der Waals surface area contributed by atoms with Crippen molar-refractivity contribution in [1.29, 1.82) is 0 Å². The molecule has 0 aliphatic carbocycles. The standard InChI is InChI=1S/C58H115N2O6P/c1-6-8-10-12-14-16-18-20-22-24-25-26-27-28-29-30-31-32-33-34-35-36-38-40-42-44-46-48-50-52-58(62)59-56(55-66-67(63,64)65-54-53-60(3,4)5)57(61)51-49-47-45-43-41-39-37-23-21-19-17-15-13-11-9-7-2/h41,43,49,51,56-57,61H,6-40,42,44-48,50,52-55H2,1-5H3,(H-,59,62,63,64)/p+1/b43-41+,51-49+. The van der Waals surface area contributed by atoms with Crippen molar-refractivity contribution < 1.29 is 32.9 Å². The van der Waals surface area contributed by atoms with Crippen molar-refractivity contribution in [1.82, 2.24) is 5.32 Å². The first-order valence-electron chi connectivity index (χ1n) is 29.2. The minimum Gasteiger partial charge on any atom is -0.387 e. The third-order valence-corrected chi connectivity index (χ3v) is 14.4. The Morgan fingerprint density at radius 3 is 1.19 bits per heavy atom. The van der Waals surface area contributed by atoms with Crippen molar-refractivity contribution in [2.24, 2.45) is 0 Å². The van der Waals surface area contributed by atoms with Gasteiger partial charge < -0.3 is 19.8 Å². The Morgan fingerprint density at radius 2 is 0.821 bits per heavy atom. The van der Waals surface area contributed by atoms with E-state index in [9.17, 15) is 19.4 Å². The molecule has 3 unspecified atom stereocenters. The number of carbonyl (C=O) groups excluding carboxylic acids is 1. The molecule has 0 aromatic heterocycles. The van der Waals surface area contributed by atoms with Crippen molar-refractivity contribution in [2.45, 2.75) is 302 Å². The van der Waals surface area contributed by atoms with Crippen LogP contribution in [0.5, 0.6) is 0 Å². The molecule has 0 fully saturated rings. The number of carbonyl (C=O) groups is 1. The number of unbranched alkanes of at least 4 members (excludes halogenated alkanes) is 39. The molecule has 398 valence electrons. The number of rotatable bonds is 54. The van der Waals surface area contributed by atoms with Crippen LogP contribution in [0.25, 0.3) is 0 Å². The first kappa shape index (κ1) is 66.0. The number of amides is 1. The number of aliphatic hydroxyl groups excluding tert-OH is 1. The number of phosphoric acid groups is 1. The van der Waals surface area contributed by atoms with Crippen LogP contribution in [0.15, 0.2) is 24.3 Å². The van der Waals surface area contributed by atoms with Gasteiger partial charge in [0.2, 0.25) is 5.91 Å². The van der Waals surface area contributed by atoms with Gasteiger partial charge in [0.15, 0.2) is 0 Å². The van der Waals surface area contributed by atoms with Crippen LogP contribution in [0.3, 0.4) is 0 Å². The number of hydrogen-bond donors (Lipinski definition) is 3. The number of hydrogen-bond acceptors (Lipinski definition) is 5. The highest BCUT2D eigenvalue weighted by Gasteiger charge is 2.27. The predicted octanol–water partition coefficient (Wildman–Crippen LogP) is 17.6. The van der Waals surface area contributed by atoms with Crippen LogP contribution in [-0.2, 0) is 18.4 Å². The molecule has 3 atom stereocenters. The Kier molecular flexibility index (Phi) is 49.2. The second-order valence-electron chi connectivity index (χ2n) is 21.4. The summed E-state index contributed by atoms with van der Waals surface area (Å²) in [6.45, 7) is 4.83. The molecule has 0 bridgehead atoms. The predicted molar refractivity (Wildman–Crippen MR) is 291 cm³/mol. The van der Waals surface area contributed by atoms with Gasteiger partial charge in [0.25, 0.3) is 0 Å². The van der Waals surface area contributed by atoms with Gasteiger partial charge in [0.05, 0.1) is 39.9 Å². The summed E-state index contributed by atoms with van der Waals surface area (Å²) in [6.07, 6.45) is 62.9. The normalized spacial score (nSPS) is 14.1. The van der Waals surface area contributed by atoms with Gasteiger partial charge in [-0.25, -0.2) is 4.57 Å². The van der Waals surface area contributed by atoms with Gasteiger partial charge in [-0.05, 0) is 32.1 Å². The lowest BCUT2D eigenvalue weighted by Gasteiger charge is -2.25. The summed E-state index contributed by atoms with van der Waals surface area (Å²) in [4.78, 5) is 23.3. The molecule has 0 saturated carbocycles. The number of aliphatic hydroxyl groups is 1. The highest BCUT2D eigenvalue weighted by Crippen LogP contribution is 2.43. The number of likely N-dealkylation sites (N-methyl/N-ethyl adjacent to an activating group) is 1. The van der Waals surface area contributed by atoms with Crippen LogP contribution < -0.4 is 5.32 Å². The number of nitrogens with one attached hydrogen (secondary N) is 1. The van der Waals surface area contributed by atoms with Gasteiger partial charge in [-0.2, -0.15) is 0 Å². The van der Waals surface area contributed by atoms with Crippen LogP contribution in [0.1, 0.15) is 290 Å². The number of allylic oxidation sites excluding steroid dienone is 3. The molecule has 0 heterocycles. The second kappa shape index (κ2) is 49.9. The van der Waals surface area contributed by atoms with Crippen molar-refractivity contribution in [3.8, 4) is 0 Å². The van der Waals surface area contributed by atoms with E-state index in [0.717, 1.165) is 38.5 Å². The number of nitrogens with zero attached hydrogens (tertiary/aromatic N) is 1. The molecule has 8 nitrogen and oxygen atoms in total. The first-order chi connectivity index (χ1) is 32.5. The molecule has 0 aliphatic heterocycles. The van der Waals surface area contributed by atoms with E-state index < -0.39 is 20.0 Å².